The first kappa shape index (κ1) is 39.4. The van der Waals surface area contributed by atoms with Gasteiger partial charge in [0.2, 0.25) is 0 Å². The van der Waals surface area contributed by atoms with Gasteiger partial charge in [-0.15, -0.1) is 0 Å². The van der Waals surface area contributed by atoms with Crippen molar-refractivity contribution >= 4 is 5.97 Å². The molecule has 49 heavy (non-hydrogen) atoms. The second kappa shape index (κ2) is 15.6. The molecule has 0 aromatic heterocycles. The molecular formula is C46H80O3. The molecule has 3 nitrogen and oxygen atoms in total. The van der Waals surface area contributed by atoms with Gasteiger partial charge in [0, 0.05) is 11.8 Å². The van der Waals surface area contributed by atoms with Crippen LogP contribution in [0, 0.1) is 56.7 Å². The highest BCUT2D eigenvalue weighted by molar-refractivity contribution is 5.69. The molecule has 0 radical (unpaired) electrons. The molecule has 0 spiro atoms. The lowest BCUT2D eigenvalue weighted by atomic mass is 9.31. The Morgan fingerprint density at radius 2 is 1.39 bits per heavy atom. The molecule has 5 aliphatic rings. The minimum Gasteiger partial charge on any atom is -0.462 e. The zero-order valence-corrected chi connectivity index (χ0v) is 33.9. The van der Waals surface area contributed by atoms with Crippen molar-refractivity contribution in [3.05, 3.63) is 11.6 Å². The average Bonchev–Trinajstić information content (AvgIpc) is 3.03. The number of ether oxygens (including phenoxy) is 1. The van der Waals surface area contributed by atoms with Gasteiger partial charge in [-0.2, -0.15) is 0 Å². The third-order valence-corrected chi connectivity index (χ3v) is 17.1. The van der Waals surface area contributed by atoms with E-state index in [0.717, 1.165) is 43.9 Å². The zero-order valence-electron chi connectivity index (χ0n) is 33.9. The number of aliphatic hydroxyl groups is 1. The summed E-state index contributed by atoms with van der Waals surface area (Å²) in [6.45, 7) is 22.2. The van der Waals surface area contributed by atoms with Crippen LogP contribution >= 0.6 is 0 Å². The lowest BCUT2D eigenvalue weighted by molar-refractivity contribution is -0.278. The largest absolute Gasteiger partial charge is 0.462 e. The Balaban J connectivity index is 1.14. The molecule has 282 valence electrons. The third kappa shape index (κ3) is 7.38. The van der Waals surface area contributed by atoms with Gasteiger partial charge in [-0.25, -0.2) is 0 Å². The van der Waals surface area contributed by atoms with Gasteiger partial charge < -0.3 is 9.84 Å². The van der Waals surface area contributed by atoms with E-state index >= 15 is 0 Å². The molecule has 0 aliphatic heterocycles. The van der Waals surface area contributed by atoms with E-state index in [4.69, 9.17) is 4.74 Å². The Morgan fingerprint density at radius 1 is 0.796 bits per heavy atom. The minimum atomic E-state index is -0.349. The highest BCUT2D eigenvalue weighted by Gasteiger charge is 2.71. The van der Waals surface area contributed by atoms with Gasteiger partial charge in [-0.1, -0.05) is 144 Å². The summed E-state index contributed by atoms with van der Waals surface area (Å²) >= 11 is 0. The summed E-state index contributed by atoms with van der Waals surface area (Å²) in [6, 6.07) is 0. The van der Waals surface area contributed by atoms with Crippen molar-refractivity contribution in [2.75, 3.05) is 0 Å². The fourth-order valence-electron chi connectivity index (χ4n) is 14.1. The summed E-state index contributed by atoms with van der Waals surface area (Å²) in [4.78, 5) is 13.2. The van der Waals surface area contributed by atoms with Crippen LogP contribution in [-0.4, -0.2) is 23.3 Å². The zero-order chi connectivity index (χ0) is 35.7. The van der Waals surface area contributed by atoms with Crippen LogP contribution in [0.3, 0.4) is 0 Å². The quantitative estimate of drug-likeness (QED) is 0.106. The predicted molar refractivity (Wildman–Crippen MR) is 206 cm³/mol. The molecule has 4 fully saturated rings. The number of carbonyl (C=O) groups excluding carboxylic acids is 1. The van der Waals surface area contributed by atoms with Crippen LogP contribution in [0.4, 0.5) is 0 Å². The number of hydrogen-bond donors (Lipinski definition) is 1. The molecule has 4 saturated carbocycles. The number of aliphatic hydroxyl groups excluding tert-OH is 1. The molecule has 0 bridgehead atoms. The Hall–Kier alpha value is -0.830. The average molecular weight is 681 g/mol. The van der Waals surface area contributed by atoms with Crippen molar-refractivity contribution in [3.63, 3.8) is 0 Å². The van der Waals surface area contributed by atoms with Gasteiger partial charge in [0.05, 0.1) is 6.10 Å². The first-order valence-corrected chi connectivity index (χ1v) is 21.7. The molecule has 0 saturated heterocycles. The summed E-state index contributed by atoms with van der Waals surface area (Å²) in [5, 5.41) is 12.3. The summed E-state index contributed by atoms with van der Waals surface area (Å²) < 4.78 is 6.36. The highest BCUT2D eigenvalue weighted by atomic mass is 16.5. The normalized spacial score (nSPS) is 42.7. The molecule has 0 heterocycles. The van der Waals surface area contributed by atoms with Crippen molar-refractivity contribution < 1.29 is 14.6 Å². The summed E-state index contributed by atoms with van der Waals surface area (Å²) in [6.07, 6.45) is 29.1. The highest BCUT2D eigenvalue weighted by Crippen LogP contribution is 2.76. The third-order valence-electron chi connectivity index (χ3n) is 17.1. The van der Waals surface area contributed by atoms with E-state index < -0.39 is 0 Å². The van der Waals surface area contributed by atoms with Crippen LogP contribution in [0.25, 0.3) is 0 Å². The van der Waals surface area contributed by atoms with Crippen molar-refractivity contribution in [3.8, 4) is 0 Å². The van der Waals surface area contributed by atoms with E-state index in [-0.39, 0.29) is 45.8 Å². The SMILES string of the molecule is CCCCCCCCCCCCCCCC(=O)O[C@@H]1CC[C@@]2(C)[C@H]([C@H](O)C[C@]3(C)[C@@H]2CC[C@@H]2[C@H]4[C@H](C)C(C)=CC[C@]4(C)CC[C@]23C)C1(C)C. The number of esters is 1. The smallest absolute Gasteiger partial charge is 0.306 e. The first-order chi connectivity index (χ1) is 23.2. The predicted octanol–water partition coefficient (Wildman–Crippen LogP) is 13.0. The molecule has 1 N–H and O–H groups in total. The van der Waals surface area contributed by atoms with Gasteiger partial charge in [-0.05, 0) is 116 Å². The lowest BCUT2D eigenvalue weighted by Crippen LogP contribution is -2.70. The van der Waals surface area contributed by atoms with E-state index in [1.54, 1.807) is 5.57 Å². The maximum absolute atomic E-state index is 13.2. The minimum absolute atomic E-state index is 0.0101. The van der Waals surface area contributed by atoms with Gasteiger partial charge in [-0.3, -0.25) is 4.79 Å². The Morgan fingerprint density at radius 3 is 2.00 bits per heavy atom. The molecule has 5 aliphatic carbocycles. The van der Waals surface area contributed by atoms with Gasteiger partial charge in [0.1, 0.15) is 6.10 Å². The van der Waals surface area contributed by atoms with E-state index in [1.807, 2.05) is 0 Å². The van der Waals surface area contributed by atoms with Crippen LogP contribution in [0.5, 0.6) is 0 Å². The van der Waals surface area contributed by atoms with Crippen molar-refractivity contribution in [1.82, 2.24) is 0 Å². The van der Waals surface area contributed by atoms with Crippen molar-refractivity contribution in [1.29, 1.82) is 0 Å². The Kier molecular flexibility index (Phi) is 12.6. The summed E-state index contributed by atoms with van der Waals surface area (Å²) in [5.41, 5.74) is 2.24. The van der Waals surface area contributed by atoms with E-state index in [0.29, 0.717) is 23.7 Å². The fraction of sp³-hybridized carbons (Fsp3) is 0.935. The molecule has 5 rings (SSSR count). The number of rotatable bonds is 15. The molecule has 0 unspecified atom stereocenters. The van der Waals surface area contributed by atoms with Crippen LogP contribution in [0.1, 0.15) is 204 Å². The Labute approximate surface area is 304 Å². The van der Waals surface area contributed by atoms with E-state index in [2.05, 4.69) is 68.4 Å². The second-order valence-corrected chi connectivity index (χ2v) is 20.3. The van der Waals surface area contributed by atoms with E-state index in [1.165, 1.54) is 103 Å². The molecule has 11 atom stereocenters. The summed E-state index contributed by atoms with van der Waals surface area (Å²) in [7, 11) is 0. The maximum atomic E-state index is 13.2. The van der Waals surface area contributed by atoms with Crippen LogP contribution < -0.4 is 0 Å². The number of allylic oxidation sites excluding steroid dienone is 2. The van der Waals surface area contributed by atoms with Crippen LogP contribution in [-0.2, 0) is 9.53 Å². The number of hydrogen-bond acceptors (Lipinski definition) is 3. The van der Waals surface area contributed by atoms with Gasteiger partial charge >= 0.3 is 5.97 Å². The van der Waals surface area contributed by atoms with Gasteiger partial charge in [0.25, 0.3) is 0 Å². The number of unbranched alkanes of at least 4 members (excludes halogenated alkanes) is 12. The molecular weight excluding hydrogens is 601 g/mol. The van der Waals surface area contributed by atoms with E-state index in [9.17, 15) is 9.90 Å². The van der Waals surface area contributed by atoms with Crippen LogP contribution in [0.2, 0.25) is 0 Å². The first-order valence-electron chi connectivity index (χ1n) is 21.7. The fourth-order valence-corrected chi connectivity index (χ4v) is 14.1. The second-order valence-electron chi connectivity index (χ2n) is 20.3. The number of carbonyl (C=O) groups is 1. The standard InChI is InChI=1S/C46H80O3/c1-10-11-12-13-14-15-16-17-18-19-20-21-22-23-39(48)49-38-27-29-44(7)37-25-24-35-40-34(3)33(2)26-28-43(40,6)30-31-45(35,8)46(37,9)32-36(47)41(44)42(38,4)5/h26,34-38,40-41,47H,10-25,27-32H2,1-9H3/t34-,35-,36-,37-,38-,40-,41-,43-,44-,45-,46-/m1/s1. The molecule has 0 aromatic carbocycles. The number of fused-ring (bicyclic) bond motifs is 7. The van der Waals surface area contributed by atoms with Crippen LogP contribution in [0.15, 0.2) is 11.6 Å². The van der Waals surface area contributed by atoms with Crippen molar-refractivity contribution in [2.24, 2.45) is 56.7 Å². The molecule has 0 amide bonds. The summed E-state index contributed by atoms with van der Waals surface area (Å²) in [5.74, 6) is 2.89. The maximum Gasteiger partial charge on any atom is 0.306 e. The molecule has 0 aromatic rings. The topological polar surface area (TPSA) is 46.5 Å². The molecule has 3 heteroatoms. The van der Waals surface area contributed by atoms with Crippen molar-refractivity contribution in [2.45, 2.75) is 216 Å². The Bertz CT molecular complexity index is 1140. The van der Waals surface area contributed by atoms with Gasteiger partial charge in [0.15, 0.2) is 0 Å². The monoisotopic (exact) mass is 681 g/mol. The lowest BCUT2D eigenvalue weighted by Gasteiger charge is -2.74.